The Morgan fingerprint density at radius 1 is 1.04 bits per heavy atom. The van der Waals surface area contributed by atoms with E-state index in [0.29, 0.717) is 33.6 Å². The smallest absolute Gasteiger partial charge is 0.242 e. The first-order valence-corrected chi connectivity index (χ1v) is 9.68. The van der Waals surface area contributed by atoms with Gasteiger partial charge in [0.25, 0.3) is 0 Å². The summed E-state index contributed by atoms with van der Waals surface area (Å²) in [6.07, 6.45) is 0.574. The van der Waals surface area contributed by atoms with Crippen LogP contribution in [0, 0.1) is 0 Å². The predicted molar refractivity (Wildman–Crippen MR) is 110 cm³/mol. The van der Waals surface area contributed by atoms with Gasteiger partial charge in [-0.3, -0.25) is 9.59 Å². The summed E-state index contributed by atoms with van der Waals surface area (Å²) in [7, 11) is 1.56. The molecule has 4 nitrogen and oxygen atoms in total. The number of amides is 2. The van der Waals surface area contributed by atoms with Crippen LogP contribution in [0.5, 0.6) is 0 Å². The number of carbonyl (C=O) groups is 2. The Hall–Kier alpha value is -1.75. The molecule has 0 saturated heterocycles. The molecule has 0 aliphatic rings. The lowest BCUT2D eigenvalue weighted by Gasteiger charge is -2.30. The maximum atomic E-state index is 13.1. The van der Waals surface area contributed by atoms with Gasteiger partial charge >= 0.3 is 0 Å². The number of nitrogens with one attached hydrogen (secondary N) is 1. The van der Waals surface area contributed by atoms with Gasteiger partial charge in [-0.1, -0.05) is 59.9 Å². The number of benzene rings is 2. The number of nitrogens with zero attached hydrogens (tertiary/aromatic N) is 1. The van der Waals surface area contributed by atoms with Crippen molar-refractivity contribution in [2.75, 3.05) is 7.05 Å². The third kappa shape index (κ3) is 5.86. The molecular weight excluding hydrogens is 407 g/mol. The summed E-state index contributed by atoms with van der Waals surface area (Å²) in [6, 6.07) is 11.6. The summed E-state index contributed by atoms with van der Waals surface area (Å²) >= 11 is 18.1. The normalized spacial score (nSPS) is 11.7. The highest BCUT2D eigenvalue weighted by molar-refractivity contribution is 6.35. The van der Waals surface area contributed by atoms with E-state index >= 15 is 0 Å². The first-order valence-electron chi connectivity index (χ1n) is 8.55. The van der Waals surface area contributed by atoms with Crippen molar-refractivity contribution in [3.8, 4) is 0 Å². The van der Waals surface area contributed by atoms with Crippen LogP contribution >= 0.6 is 34.8 Å². The number of carbonyl (C=O) groups excluding carboxylic acids is 2. The summed E-state index contributed by atoms with van der Waals surface area (Å²) in [6.45, 7) is 2.17. The zero-order valence-corrected chi connectivity index (χ0v) is 17.4. The molecule has 2 rings (SSSR count). The van der Waals surface area contributed by atoms with Gasteiger partial charge in [0.15, 0.2) is 0 Å². The quantitative estimate of drug-likeness (QED) is 0.693. The SMILES string of the molecule is CCC(C(=O)NC)N(Cc1ccc(Cl)cc1)C(=O)Cc1ccc(Cl)cc1Cl. The summed E-state index contributed by atoms with van der Waals surface area (Å²) in [5, 5.41) is 4.18. The maximum Gasteiger partial charge on any atom is 0.242 e. The van der Waals surface area contributed by atoms with Crippen molar-refractivity contribution in [1.82, 2.24) is 10.2 Å². The molecule has 0 bridgehead atoms. The monoisotopic (exact) mass is 426 g/mol. The van der Waals surface area contributed by atoms with Gasteiger partial charge in [-0.15, -0.1) is 0 Å². The van der Waals surface area contributed by atoms with Crippen molar-refractivity contribution in [3.63, 3.8) is 0 Å². The van der Waals surface area contributed by atoms with E-state index in [1.54, 1.807) is 42.3 Å². The van der Waals surface area contributed by atoms with Crippen LogP contribution in [0.4, 0.5) is 0 Å². The molecule has 1 N–H and O–H groups in total. The highest BCUT2D eigenvalue weighted by Crippen LogP contribution is 2.23. The fourth-order valence-electron chi connectivity index (χ4n) is 2.80. The third-order valence-electron chi connectivity index (χ3n) is 4.26. The van der Waals surface area contributed by atoms with E-state index in [1.807, 2.05) is 19.1 Å². The molecule has 0 aliphatic heterocycles. The second kappa shape index (κ2) is 9.98. The average molecular weight is 428 g/mol. The van der Waals surface area contributed by atoms with E-state index in [0.717, 1.165) is 5.56 Å². The van der Waals surface area contributed by atoms with Crippen LogP contribution in [-0.4, -0.2) is 29.8 Å². The predicted octanol–water partition coefficient (Wildman–Crippen LogP) is 4.74. The van der Waals surface area contributed by atoms with Gasteiger partial charge in [-0.25, -0.2) is 0 Å². The molecule has 7 heteroatoms. The molecule has 144 valence electrons. The molecule has 2 aromatic rings. The van der Waals surface area contributed by atoms with E-state index in [9.17, 15) is 9.59 Å². The second-order valence-electron chi connectivity index (χ2n) is 6.10. The molecule has 2 aromatic carbocycles. The number of likely N-dealkylation sites (N-methyl/N-ethyl adjacent to an activating group) is 1. The van der Waals surface area contributed by atoms with Crippen LogP contribution in [-0.2, 0) is 22.6 Å². The lowest BCUT2D eigenvalue weighted by atomic mass is 10.1. The molecule has 1 atom stereocenters. The van der Waals surface area contributed by atoms with E-state index in [1.165, 1.54) is 0 Å². The topological polar surface area (TPSA) is 49.4 Å². The molecule has 1 unspecified atom stereocenters. The van der Waals surface area contributed by atoms with E-state index < -0.39 is 6.04 Å². The molecule has 0 radical (unpaired) electrons. The first-order chi connectivity index (χ1) is 12.8. The van der Waals surface area contributed by atoms with E-state index in [4.69, 9.17) is 34.8 Å². The van der Waals surface area contributed by atoms with E-state index in [-0.39, 0.29) is 18.2 Å². The molecular formula is C20H21Cl3N2O2. The molecule has 0 aromatic heterocycles. The molecule has 0 heterocycles. The lowest BCUT2D eigenvalue weighted by molar-refractivity contribution is -0.140. The van der Waals surface area contributed by atoms with Gasteiger partial charge in [-0.2, -0.15) is 0 Å². The minimum Gasteiger partial charge on any atom is -0.357 e. The van der Waals surface area contributed by atoms with Crippen molar-refractivity contribution in [2.45, 2.75) is 32.4 Å². The highest BCUT2D eigenvalue weighted by Gasteiger charge is 2.28. The van der Waals surface area contributed by atoms with Gasteiger partial charge in [0, 0.05) is 28.7 Å². The van der Waals surface area contributed by atoms with Crippen LogP contribution in [0.25, 0.3) is 0 Å². The van der Waals surface area contributed by atoms with Crippen LogP contribution in [0.2, 0.25) is 15.1 Å². The summed E-state index contributed by atoms with van der Waals surface area (Å²) < 4.78 is 0. The molecule has 0 aliphatic carbocycles. The van der Waals surface area contributed by atoms with Crippen molar-refractivity contribution >= 4 is 46.6 Å². The molecule has 27 heavy (non-hydrogen) atoms. The number of rotatable bonds is 7. The summed E-state index contributed by atoms with van der Waals surface area (Å²) in [5.41, 5.74) is 1.55. The largest absolute Gasteiger partial charge is 0.357 e. The van der Waals surface area contributed by atoms with Gasteiger partial charge in [0.2, 0.25) is 11.8 Å². The van der Waals surface area contributed by atoms with Crippen molar-refractivity contribution in [3.05, 3.63) is 68.7 Å². The Bertz CT molecular complexity index is 809. The minimum absolute atomic E-state index is 0.0804. The Kier molecular flexibility index (Phi) is 7.96. The summed E-state index contributed by atoms with van der Waals surface area (Å²) in [5.74, 6) is -0.397. The fourth-order valence-corrected chi connectivity index (χ4v) is 3.40. The fraction of sp³-hybridized carbons (Fsp3) is 0.300. The Morgan fingerprint density at radius 2 is 1.67 bits per heavy atom. The number of hydrogen-bond donors (Lipinski definition) is 1. The second-order valence-corrected chi connectivity index (χ2v) is 7.38. The first kappa shape index (κ1) is 21.5. The van der Waals surface area contributed by atoms with E-state index in [2.05, 4.69) is 5.32 Å². The standard InChI is InChI=1S/C20H21Cl3N2O2/c1-3-18(20(27)24-2)25(12-13-4-7-15(21)8-5-13)19(26)10-14-6-9-16(22)11-17(14)23/h4-9,11,18H,3,10,12H2,1-2H3,(H,24,27). The zero-order valence-electron chi connectivity index (χ0n) is 15.1. The Balaban J connectivity index is 2.30. The minimum atomic E-state index is -0.579. The maximum absolute atomic E-state index is 13.1. The van der Waals surface area contributed by atoms with Crippen molar-refractivity contribution in [2.24, 2.45) is 0 Å². The third-order valence-corrected chi connectivity index (χ3v) is 5.09. The van der Waals surface area contributed by atoms with Crippen molar-refractivity contribution in [1.29, 1.82) is 0 Å². The highest BCUT2D eigenvalue weighted by atomic mass is 35.5. The molecule has 0 saturated carbocycles. The molecule has 2 amide bonds. The molecule has 0 fully saturated rings. The summed E-state index contributed by atoms with van der Waals surface area (Å²) in [4.78, 5) is 27.0. The molecule has 0 spiro atoms. The van der Waals surface area contributed by atoms with Crippen LogP contribution in [0.15, 0.2) is 42.5 Å². The van der Waals surface area contributed by atoms with Gasteiger partial charge < -0.3 is 10.2 Å². The Morgan fingerprint density at radius 3 is 2.22 bits per heavy atom. The lowest BCUT2D eigenvalue weighted by Crippen LogP contribution is -2.48. The van der Waals surface area contributed by atoms with Crippen LogP contribution in [0.1, 0.15) is 24.5 Å². The average Bonchev–Trinajstić information content (AvgIpc) is 2.65. The van der Waals surface area contributed by atoms with Crippen molar-refractivity contribution < 1.29 is 9.59 Å². The van der Waals surface area contributed by atoms with Gasteiger partial charge in [0.1, 0.15) is 6.04 Å². The zero-order chi connectivity index (χ0) is 20.0. The van der Waals surface area contributed by atoms with Crippen LogP contribution in [0.3, 0.4) is 0 Å². The van der Waals surface area contributed by atoms with Gasteiger partial charge in [-0.05, 0) is 41.8 Å². The number of hydrogen-bond acceptors (Lipinski definition) is 2. The Labute approximate surface area is 174 Å². The van der Waals surface area contributed by atoms with Crippen LogP contribution < -0.4 is 5.32 Å². The van der Waals surface area contributed by atoms with Gasteiger partial charge in [0.05, 0.1) is 6.42 Å². The number of halogens is 3.